The summed E-state index contributed by atoms with van der Waals surface area (Å²) in [6, 6.07) is 21.8. The van der Waals surface area contributed by atoms with Crippen LogP contribution in [0.1, 0.15) is 45.2 Å². The van der Waals surface area contributed by atoms with Crippen LogP contribution in [0.25, 0.3) is 0 Å². The molecule has 0 aliphatic rings. The molecule has 19 heavy (non-hydrogen) atoms. The molecule has 0 aliphatic carbocycles. The summed E-state index contributed by atoms with van der Waals surface area (Å²) in [5.41, 5.74) is 3.06. The van der Waals surface area contributed by atoms with E-state index in [1.807, 2.05) is 0 Å². The van der Waals surface area contributed by atoms with E-state index in [4.69, 9.17) is 0 Å². The van der Waals surface area contributed by atoms with Gasteiger partial charge in [-0.1, -0.05) is 88.4 Å². The third-order valence-electron chi connectivity index (χ3n) is 4.99. The van der Waals surface area contributed by atoms with Crippen molar-refractivity contribution in [2.45, 2.75) is 44.9 Å². The first-order chi connectivity index (χ1) is 9.02. The molecule has 0 nitrogen and oxygen atoms in total. The lowest BCUT2D eigenvalue weighted by Crippen LogP contribution is -2.42. The van der Waals surface area contributed by atoms with Gasteiger partial charge >= 0.3 is 0 Å². The summed E-state index contributed by atoms with van der Waals surface area (Å²) < 4.78 is 0. The zero-order valence-electron chi connectivity index (χ0n) is 12.5. The van der Waals surface area contributed by atoms with E-state index in [9.17, 15) is 0 Å². The van der Waals surface area contributed by atoms with Crippen molar-refractivity contribution in [1.82, 2.24) is 0 Å². The molecule has 100 valence electrons. The van der Waals surface area contributed by atoms with E-state index in [-0.39, 0.29) is 10.8 Å². The lowest BCUT2D eigenvalue weighted by atomic mass is 9.59. The molecule has 0 spiro atoms. The number of rotatable bonds is 4. The van der Waals surface area contributed by atoms with Gasteiger partial charge < -0.3 is 0 Å². The average molecular weight is 252 g/mol. The molecule has 0 heterocycles. The number of benzene rings is 2. The first kappa shape index (κ1) is 13.9. The van der Waals surface area contributed by atoms with E-state index in [1.54, 1.807) is 0 Å². The van der Waals surface area contributed by atoms with Crippen molar-refractivity contribution < 1.29 is 0 Å². The highest BCUT2D eigenvalue weighted by atomic mass is 14.4. The smallest absolute Gasteiger partial charge is 0.00136 e. The van der Waals surface area contributed by atoms with E-state index < -0.39 is 0 Å². The molecule has 2 aromatic carbocycles. The second-order valence-corrected chi connectivity index (χ2v) is 6.04. The summed E-state index contributed by atoms with van der Waals surface area (Å²) in [7, 11) is 0. The van der Waals surface area contributed by atoms with Crippen molar-refractivity contribution in [1.29, 1.82) is 0 Å². The van der Waals surface area contributed by atoms with Crippen LogP contribution in [0.2, 0.25) is 0 Å². The molecule has 0 saturated carbocycles. The Morgan fingerprint density at radius 1 is 0.684 bits per heavy atom. The Morgan fingerprint density at radius 3 is 1.53 bits per heavy atom. The van der Waals surface area contributed by atoms with Crippen LogP contribution in [0.4, 0.5) is 0 Å². The third-order valence-corrected chi connectivity index (χ3v) is 4.99. The third kappa shape index (κ3) is 2.32. The lowest BCUT2D eigenvalue weighted by Gasteiger charge is -2.45. The molecule has 0 N–H and O–H groups in total. The van der Waals surface area contributed by atoms with Gasteiger partial charge in [-0.05, 0) is 23.0 Å². The van der Waals surface area contributed by atoms with Crippen LogP contribution in [0.3, 0.4) is 0 Å². The van der Waals surface area contributed by atoms with Gasteiger partial charge in [0.2, 0.25) is 0 Å². The predicted octanol–water partition coefficient (Wildman–Crippen LogP) is 5.33. The van der Waals surface area contributed by atoms with Crippen molar-refractivity contribution in [3.05, 3.63) is 71.8 Å². The summed E-state index contributed by atoms with van der Waals surface area (Å²) in [4.78, 5) is 0. The molecule has 2 aromatic rings. The average Bonchev–Trinajstić information content (AvgIpc) is 2.48. The molecule has 0 radical (unpaired) electrons. The topological polar surface area (TPSA) is 0 Å². The zero-order chi connectivity index (χ0) is 13.9. The summed E-state index contributed by atoms with van der Waals surface area (Å²) >= 11 is 0. The van der Waals surface area contributed by atoms with Gasteiger partial charge in [0, 0.05) is 5.41 Å². The van der Waals surface area contributed by atoms with Gasteiger partial charge in [-0.3, -0.25) is 0 Å². The quantitative estimate of drug-likeness (QED) is 0.689. The van der Waals surface area contributed by atoms with Gasteiger partial charge in [0.1, 0.15) is 0 Å². The van der Waals surface area contributed by atoms with Crippen LogP contribution < -0.4 is 0 Å². The van der Waals surface area contributed by atoms with Gasteiger partial charge in [0.15, 0.2) is 0 Å². The van der Waals surface area contributed by atoms with E-state index in [0.717, 1.165) is 6.42 Å². The Labute approximate surface area is 117 Å². The molecule has 2 rings (SSSR count). The molecule has 0 saturated heterocycles. The van der Waals surface area contributed by atoms with Crippen LogP contribution in [-0.4, -0.2) is 0 Å². The Kier molecular flexibility index (Phi) is 3.80. The molecule has 0 fully saturated rings. The maximum absolute atomic E-state index is 2.38. The standard InChI is InChI=1S/C19H24/c1-5-19(4,17-14-10-7-11-15-17)18(2,3)16-12-8-6-9-13-16/h6-15H,5H2,1-4H3. The second-order valence-electron chi connectivity index (χ2n) is 6.04. The number of hydrogen-bond donors (Lipinski definition) is 0. The molecular formula is C19H24. The van der Waals surface area contributed by atoms with Crippen molar-refractivity contribution in [2.75, 3.05) is 0 Å². The second kappa shape index (κ2) is 5.21. The van der Waals surface area contributed by atoms with Gasteiger partial charge in [-0.2, -0.15) is 0 Å². The minimum Gasteiger partial charge on any atom is -0.0645 e. The summed E-state index contributed by atoms with van der Waals surface area (Å²) in [6.45, 7) is 9.39. The van der Waals surface area contributed by atoms with Gasteiger partial charge in [0.25, 0.3) is 0 Å². The lowest BCUT2D eigenvalue weighted by molar-refractivity contribution is 0.266. The number of hydrogen-bond acceptors (Lipinski definition) is 0. The van der Waals surface area contributed by atoms with Crippen molar-refractivity contribution in [3.8, 4) is 0 Å². The minimum atomic E-state index is 0.102. The zero-order valence-corrected chi connectivity index (χ0v) is 12.5. The first-order valence-electron chi connectivity index (χ1n) is 7.13. The molecule has 0 bridgehead atoms. The SMILES string of the molecule is CCC(C)(c1ccccc1)C(C)(C)c1ccccc1. The highest BCUT2D eigenvalue weighted by Crippen LogP contribution is 2.46. The van der Waals surface area contributed by atoms with E-state index in [0.29, 0.717) is 0 Å². The minimum absolute atomic E-state index is 0.102. The van der Waals surface area contributed by atoms with E-state index >= 15 is 0 Å². The summed E-state index contributed by atoms with van der Waals surface area (Å²) in [5, 5.41) is 0. The van der Waals surface area contributed by atoms with Crippen LogP contribution in [-0.2, 0) is 10.8 Å². The molecule has 0 aromatic heterocycles. The largest absolute Gasteiger partial charge is 0.0645 e. The Morgan fingerprint density at radius 2 is 1.11 bits per heavy atom. The molecule has 0 aliphatic heterocycles. The van der Waals surface area contributed by atoms with Crippen LogP contribution in [0.5, 0.6) is 0 Å². The maximum Gasteiger partial charge on any atom is 0.00136 e. The molecule has 1 atom stereocenters. The van der Waals surface area contributed by atoms with Gasteiger partial charge in [-0.25, -0.2) is 0 Å². The molecular weight excluding hydrogens is 228 g/mol. The summed E-state index contributed by atoms with van der Waals surface area (Å²) in [6.07, 6.45) is 1.12. The first-order valence-corrected chi connectivity index (χ1v) is 7.13. The van der Waals surface area contributed by atoms with Crippen LogP contribution in [0, 0.1) is 0 Å². The summed E-state index contributed by atoms with van der Waals surface area (Å²) in [5.74, 6) is 0. The van der Waals surface area contributed by atoms with Crippen LogP contribution >= 0.6 is 0 Å². The Balaban J connectivity index is 2.52. The maximum atomic E-state index is 2.38. The Bertz CT molecular complexity index is 510. The molecule has 1 unspecified atom stereocenters. The van der Waals surface area contributed by atoms with Gasteiger partial charge in [0.05, 0.1) is 0 Å². The van der Waals surface area contributed by atoms with Crippen LogP contribution in [0.15, 0.2) is 60.7 Å². The van der Waals surface area contributed by atoms with E-state index in [1.165, 1.54) is 11.1 Å². The normalized spacial score (nSPS) is 14.9. The van der Waals surface area contributed by atoms with Crippen molar-refractivity contribution in [3.63, 3.8) is 0 Å². The fraction of sp³-hybridized carbons (Fsp3) is 0.368. The molecule has 0 heteroatoms. The molecule has 0 amide bonds. The fourth-order valence-corrected chi connectivity index (χ4v) is 2.99. The predicted molar refractivity (Wildman–Crippen MR) is 83.6 cm³/mol. The van der Waals surface area contributed by atoms with Crippen molar-refractivity contribution in [2.24, 2.45) is 0 Å². The Hall–Kier alpha value is -1.56. The fourth-order valence-electron chi connectivity index (χ4n) is 2.99. The van der Waals surface area contributed by atoms with Gasteiger partial charge in [-0.15, -0.1) is 0 Å². The van der Waals surface area contributed by atoms with E-state index in [2.05, 4.69) is 88.4 Å². The highest BCUT2D eigenvalue weighted by molar-refractivity contribution is 5.36. The highest BCUT2D eigenvalue weighted by Gasteiger charge is 2.41. The van der Waals surface area contributed by atoms with Crippen molar-refractivity contribution >= 4 is 0 Å². The monoisotopic (exact) mass is 252 g/mol.